The van der Waals surface area contributed by atoms with Gasteiger partial charge in [-0.2, -0.15) is 0 Å². The van der Waals surface area contributed by atoms with Crippen molar-refractivity contribution in [2.75, 3.05) is 16.9 Å². The Balaban J connectivity index is 2.07. The van der Waals surface area contributed by atoms with E-state index < -0.39 is 20.5 Å². The molecule has 22 heavy (non-hydrogen) atoms. The van der Waals surface area contributed by atoms with E-state index in [1.807, 2.05) is 0 Å². The number of nitrogens with one attached hydrogen (secondary N) is 1. The second-order valence-electron chi connectivity index (χ2n) is 4.67. The van der Waals surface area contributed by atoms with Gasteiger partial charge in [0, 0.05) is 0 Å². The smallest absolute Gasteiger partial charge is 0.353 e. The molecule has 7 nitrogen and oxygen atoms in total. The number of hydrogen-bond acceptors (Lipinski definition) is 4. The molecular weight excluding hydrogens is 307 g/mol. The highest BCUT2D eigenvalue weighted by atomic mass is 31.2. The molecule has 0 aliphatic carbocycles. The summed E-state index contributed by atoms with van der Waals surface area (Å²) in [5, 5.41) is 3.15. The largest absolute Gasteiger partial charge is 0.471 e. The second-order valence-corrected chi connectivity index (χ2v) is 5.91. The van der Waals surface area contributed by atoms with E-state index in [4.69, 9.17) is 9.79 Å². The van der Waals surface area contributed by atoms with Gasteiger partial charge >= 0.3 is 7.82 Å². The molecule has 1 aliphatic rings. The van der Waals surface area contributed by atoms with Crippen molar-refractivity contribution >= 4 is 30.8 Å². The Labute approximate surface area is 126 Å². The summed E-state index contributed by atoms with van der Waals surface area (Å²) in [6.07, 6.45) is 0. The molecule has 0 radical (unpaired) electrons. The van der Waals surface area contributed by atoms with Crippen molar-refractivity contribution in [1.82, 2.24) is 0 Å². The Morgan fingerprint density at radius 3 is 2.41 bits per heavy atom. The molecule has 0 saturated heterocycles. The van der Waals surface area contributed by atoms with Gasteiger partial charge in [-0.15, -0.1) is 0 Å². The van der Waals surface area contributed by atoms with Gasteiger partial charge in [-0.05, 0) is 24.3 Å². The van der Waals surface area contributed by atoms with Crippen molar-refractivity contribution in [3.8, 4) is 0 Å². The molecule has 114 valence electrons. The number of amides is 1. The summed E-state index contributed by atoms with van der Waals surface area (Å²) in [4.78, 5) is 31.6. The molecule has 0 fully saturated rings. The number of benzene rings is 2. The van der Waals surface area contributed by atoms with Crippen molar-refractivity contribution in [3.63, 3.8) is 0 Å². The van der Waals surface area contributed by atoms with Crippen LogP contribution in [0.2, 0.25) is 0 Å². The molecule has 1 aliphatic heterocycles. The van der Waals surface area contributed by atoms with Crippen molar-refractivity contribution in [2.24, 2.45) is 0 Å². The molecule has 0 atom stereocenters. The molecule has 0 saturated carbocycles. The standard InChI is InChI=1S/C14H13N2O5P/c17-14-10-5-1-2-6-11(10)15-12-7-3-4-8-13(12)16(14)9-21-22(18,19)20/h1-8,15H,9H2,(H2,18,19,20). The summed E-state index contributed by atoms with van der Waals surface area (Å²) in [7, 11) is -4.68. The third-order valence-corrected chi connectivity index (χ3v) is 3.67. The van der Waals surface area contributed by atoms with Gasteiger partial charge in [0.25, 0.3) is 5.91 Å². The predicted molar refractivity (Wildman–Crippen MR) is 81.0 cm³/mol. The Bertz CT molecular complexity index is 773. The maximum Gasteiger partial charge on any atom is 0.471 e. The van der Waals surface area contributed by atoms with Crippen LogP contribution in [0.15, 0.2) is 48.5 Å². The third-order valence-electron chi connectivity index (χ3n) is 3.22. The number of nitrogens with zero attached hydrogens (tertiary/aromatic N) is 1. The minimum Gasteiger partial charge on any atom is -0.353 e. The summed E-state index contributed by atoms with van der Waals surface area (Å²) in [6, 6.07) is 13.9. The van der Waals surface area contributed by atoms with Gasteiger partial charge in [-0.25, -0.2) is 4.57 Å². The average molecular weight is 320 g/mol. The molecule has 2 aromatic carbocycles. The predicted octanol–water partition coefficient (Wildman–Crippen LogP) is 2.46. The minimum atomic E-state index is -4.68. The summed E-state index contributed by atoms with van der Waals surface area (Å²) in [6.45, 7) is -0.545. The fourth-order valence-electron chi connectivity index (χ4n) is 2.25. The number of anilines is 3. The number of carbonyl (C=O) groups excluding carboxylic acids is 1. The normalized spacial score (nSPS) is 13.9. The SMILES string of the molecule is O=C1c2ccccc2Nc2ccccc2N1COP(=O)(O)O. The van der Waals surface area contributed by atoms with Crippen LogP contribution < -0.4 is 10.2 Å². The van der Waals surface area contributed by atoms with Crippen molar-refractivity contribution in [3.05, 3.63) is 54.1 Å². The average Bonchev–Trinajstić information content (AvgIpc) is 2.59. The number of hydrogen-bond donors (Lipinski definition) is 3. The van der Waals surface area contributed by atoms with Gasteiger partial charge in [0.2, 0.25) is 0 Å². The lowest BCUT2D eigenvalue weighted by Crippen LogP contribution is -2.32. The Kier molecular flexibility index (Phi) is 3.72. The minimum absolute atomic E-state index is 0.396. The van der Waals surface area contributed by atoms with Crippen LogP contribution in [0.5, 0.6) is 0 Å². The molecule has 0 bridgehead atoms. The van der Waals surface area contributed by atoms with E-state index in [2.05, 4.69) is 9.84 Å². The van der Waals surface area contributed by atoms with Crippen LogP contribution in [-0.4, -0.2) is 22.4 Å². The van der Waals surface area contributed by atoms with Crippen LogP contribution in [0, 0.1) is 0 Å². The van der Waals surface area contributed by atoms with Crippen LogP contribution in [-0.2, 0) is 9.09 Å². The second kappa shape index (κ2) is 5.55. The molecule has 3 rings (SSSR count). The third kappa shape index (κ3) is 2.88. The maximum absolute atomic E-state index is 12.7. The van der Waals surface area contributed by atoms with E-state index in [0.29, 0.717) is 22.6 Å². The van der Waals surface area contributed by atoms with Crippen molar-refractivity contribution in [2.45, 2.75) is 0 Å². The Morgan fingerprint density at radius 2 is 1.68 bits per heavy atom. The summed E-state index contributed by atoms with van der Waals surface area (Å²) in [5.41, 5.74) is 2.15. The van der Waals surface area contributed by atoms with Crippen LogP contribution in [0.1, 0.15) is 10.4 Å². The first-order valence-electron chi connectivity index (χ1n) is 6.43. The van der Waals surface area contributed by atoms with Crippen LogP contribution in [0.4, 0.5) is 17.1 Å². The van der Waals surface area contributed by atoms with E-state index in [-0.39, 0.29) is 0 Å². The lowest BCUT2D eigenvalue weighted by molar-refractivity contribution is 0.0957. The van der Waals surface area contributed by atoms with E-state index >= 15 is 0 Å². The van der Waals surface area contributed by atoms with E-state index in [9.17, 15) is 9.36 Å². The lowest BCUT2D eigenvalue weighted by Gasteiger charge is -2.22. The molecular formula is C14H13N2O5P. The van der Waals surface area contributed by atoms with Crippen LogP contribution >= 0.6 is 7.82 Å². The fourth-order valence-corrected chi connectivity index (χ4v) is 2.52. The van der Waals surface area contributed by atoms with Crippen molar-refractivity contribution in [1.29, 1.82) is 0 Å². The highest BCUT2D eigenvalue weighted by Gasteiger charge is 2.28. The molecule has 0 unspecified atom stereocenters. The summed E-state index contributed by atoms with van der Waals surface area (Å²) < 4.78 is 15.5. The van der Waals surface area contributed by atoms with Gasteiger partial charge in [0.15, 0.2) is 0 Å². The van der Waals surface area contributed by atoms with E-state index in [1.165, 1.54) is 4.90 Å². The van der Waals surface area contributed by atoms with Gasteiger partial charge in [-0.1, -0.05) is 24.3 Å². The summed E-state index contributed by atoms with van der Waals surface area (Å²) in [5.74, 6) is -0.401. The molecule has 3 N–H and O–H groups in total. The van der Waals surface area contributed by atoms with Gasteiger partial charge in [-0.3, -0.25) is 14.2 Å². The Morgan fingerprint density at radius 1 is 1.05 bits per heavy atom. The number of rotatable bonds is 3. The first kappa shape index (κ1) is 14.7. The first-order chi connectivity index (χ1) is 10.5. The number of para-hydroxylation sites is 3. The highest BCUT2D eigenvalue weighted by molar-refractivity contribution is 7.46. The number of phosphoric acid groups is 1. The van der Waals surface area contributed by atoms with Crippen LogP contribution in [0.3, 0.4) is 0 Å². The van der Waals surface area contributed by atoms with E-state index in [0.717, 1.165) is 0 Å². The van der Waals surface area contributed by atoms with Gasteiger partial charge in [0.1, 0.15) is 6.73 Å². The highest BCUT2D eigenvalue weighted by Crippen LogP contribution is 2.39. The lowest BCUT2D eigenvalue weighted by atomic mass is 10.1. The quantitative estimate of drug-likeness (QED) is 0.751. The molecule has 1 heterocycles. The fraction of sp³-hybridized carbons (Fsp3) is 0.0714. The zero-order valence-corrected chi connectivity index (χ0v) is 12.2. The van der Waals surface area contributed by atoms with E-state index in [1.54, 1.807) is 48.5 Å². The maximum atomic E-state index is 12.7. The monoisotopic (exact) mass is 320 g/mol. The van der Waals surface area contributed by atoms with Gasteiger partial charge < -0.3 is 15.1 Å². The molecule has 0 spiro atoms. The zero-order chi connectivity index (χ0) is 15.7. The van der Waals surface area contributed by atoms with Gasteiger partial charge in [0.05, 0.1) is 22.6 Å². The summed E-state index contributed by atoms with van der Waals surface area (Å²) >= 11 is 0. The number of fused-ring (bicyclic) bond motifs is 2. The van der Waals surface area contributed by atoms with Crippen LogP contribution in [0.25, 0.3) is 0 Å². The topological polar surface area (TPSA) is 99.1 Å². The Hall–Kier alpha value is -2.18. The molecule has 1 amide bonds. The van der Waals surface area contributed by atoms with Crippen molar-refractivity contribution < 1.29 is 23.7 Å². The number of carbonyl (C=O) groups is 1. The number of phosphoric ester groups is 1. The zero-order valence-electron chi connectivity index (χ0n) is 11.3. The molecule has 2 aromatic rings. The molecule has 8 heteroatoms. The molecule has 0 aromatic heterocycles. The first-order valence-corrected chi connectivity index (χ1v) is 7.96.